The van der Waals surface area contributed by atoms with Gasteiger partial charge in [-0.2, -0.15) is 4.89 Å². The van der Waals surface area contributed by atoms with Crippen LogP contribution in [0.2, 0.25) is 0 Å². The molecule has 0 radical (unpaired) electrons. The molecule has 0 rings (SSSR count). The van der Waals surface area contributed by atoms with Gasteiger partial charge in [0.1, 0.15) is 6.42 Å². The van der Waals surface area contributed by atoms with E-state index in [4.69, 9.17) is 5.11 Å². The number of carbonyl (C=O) groups excluding carboxylic acids is 1. The molecule has 0 unspecified atom stereocenters. The van der Waals surface area contributed by atoms with Crippen LogP contribution in [0.5, 0.6) is 0 Å². The van der Waals surface area contributed by atoms with Crippen molar-refractivity contribution in [2.75, 3.05) is 13.4 Å². The lowest BCUT2D eigenvalue weighted by Crippen LogP contribution is -2.13. The SMILES string of the molecule is CCCOOCOC(=O)CC(=O)O. The minimum absolute atomic E-state index is 0.383. The summed E-state index contributed by atoms with van der Waals surface area (Å²) in [6.45, 7) is 1.91. The van der Waals surface area contributed by atoms with Gasteiger partial charge in [-0.15, -0.1) is 0 Å². The molecule has 0 saturated carbocycles. The van der Waals surface area contributed by atoms with Crippen LogP contribution in [0.25, 0.3) is 0 Å². The van der Waals surface area contributed by atoms with Crippen molar-refractivity contribution in [3.05, 3.63) is 0 Å². The Morgan fingerprint density at radius 3 is 2.54 bits per heavy atom. The second kappa shape index (κ2) is 7.51. The fourth-order valence-corrected chi connectivity index (χ4v) is 0.441. The maximum atomic E-state index is 10.5. The molecule has 0 bridgehead atoms. The van der Waals surface area contributed by atoms with Gasteiger partial charge in [0.05, 0.1) is 6.61 Å². The van der Waals surface area contributed by atoms with Crippen LogP contribution in [0.1, 0.15) is 19.8 Å². The highest BCUT2D eigenvalue weighted by atomic mass is 17.2. The third-order valence-electron chi connectivity index (χ3n) is 0.934. The highest BCUT2D eigenvalue weighted by molar-refractivity contribution is 5.89. The largest absolute Gasteiger partial charge is 0.481 e. The normalized spacial score (nSPS) is 9.62. The second-order valence-electron chi connectivity index (χ2n) is 2.14. The lowest BCUT2D eigenvalue weighted by molar-refractivity contribution is -0.330. The van der Waals surface area contributed by atoms with Crippen LogP contribution >= 0.6 is 0 Å². The Labute approximate surface area is 75.3 Å². The van der Waals surface area contributed by atoms with Crippen molar-refractivity contribution in [1.29, 1.82) is 0 Å². The molecule has 6 heteroatoms. The first-order chi connectivity index (χ1) is 6.16. The zero-order chi connectivity index (χ0) is 10.1. The molecule has 0 fully saturated rings. The monoisotopic (exact) mass is 192 g/mol. The summed E-state index contributed by atoms with van der Waals surface area (Å²) in [4.78, 5) is 29.4. The maximum Gasteiger partial charge on any atom is 0.319 e. The Hall–Kier alpha value is -1.14. The quantitative estimate of drug-likeness (QED) is 0.156. The van der Waals surface area contributed by atoms with Gasteiger partial charge in [-0.1, -0.05) is 6.92 Å². The minimum Gasteiger partial charge on any atom is -0.481 e. The first kappa shape index (κ1) is 11.9. The van der Waals surface area contributed by atoms with Gasteiger partial charge in [0.25, 0.3) is 0 Å². The van der Waals surface area contributed by atoms with E-state index >= 15 is 0 Å². The van der Waals surface area contributed by atoms with Crippen molar-refractivity contribution in [1.82, 2.24) is 0 Å². The van der Waals surface area contributed by atoms with E-state index in [2.05, 4.69) is 14.5 Å². The summed E-state index contributed by atoms with van der Waals surface area (Å²) in [5, 5.41) is 8.15. The third-order valence-corrected chi connectivity index (χ3v) is 0.934. The molecule has 13 heavy (non-hydrogen) atoms. The standard InChI is InChI=1S/C7H12O6/c1-2-3-12-13-5-11-7(10)4-6(8)9/h2-5H2,1H3,(H,8,9). The Morgan fingerprint density at radius 1 is 1.31 bits per heavy atom. The summed E-state index contributed by atoms with van der Waals surface area (Å²) in [5.41, 5.74) is 0. The molecule has 0 aromatic heterocycles. The van der Waals surface area contributed by atoms with Crippen molar-refractivity contribution in [3.8, 4) is 0 Å². The van der Waals surface area contributed by atoms with Crippen molar-refractivity contribution < 1.29 is 29.2 Å². The van der Waals surface area contributed by atoms with Gasteiger partial charge >= 0.3 is 11.9 Å². The number of hydrogen-bond acceptors (Lipinski definition) is 5. The van der Waals surface area contributed by atoms with E-state index in [1.54, 1.807) is 0 Å². The molecule has 0 aliphatic carbocycles. The molecule has 0 aromatic carbocycles. The van der Waals surface area contributed by atoms with E-state index in [1.165, 1.54) is 0 Å². The molecule has 0 amide bonds. The molecule has 76 valence electrons. The predicted octanol–water partition coefficient (Wildman–Crippen LogP) is 0.320. The van der Waals surface area contributed by atoms with E-state index in [-0.39, 0.29) is 6.79 Å². The lowest BCUT2D eigenvalue weighted by Gasteiger charge is -2.02. The molecule has 0 atom stereocenters. The molecule has 1 N–H and O–H groups in total. The molecule has 0 aliphatic rings. The number of esters is 1. The minimum atomic E-state index is -1.24. The summed E-state index contributed by atoms with van der Waals surface area (Å²) in [6.07, 6.45) is 0.111. The van der Waals surface area contributed by atoms with Crippen LogP contribution in [0, 0.1) is 0 Å². The molecular weight excluding hydrogens is 180 g/mol. The van der Waals surface area contributed by atoms with Crippen LogP contribution in [-0.4, -0.2) is 30.4 Å². The molecule has 0 spiro atoms. The van der Waals surface area contributed by atoms with Gasteiger partial charge in [-0.3, -0.25) is 9.59 Å². The number of carboxylic acids is 1. The summed E-state index contributed by atoms with van der Waals surface area (Å²) in [6, 6.07) is 0. The highest BCUT2D eigenvalue weighted by Gasteiger charge is 2.08. The molecular formula is C7H12O6. The summed E-state index contributed by atoms with van der Waals surface area (Å²) < 4.78 is 4.33. The zero-order valence-electron chi connectivity index (χ0n) is 7.32. The Morgan fingerprint density at radius 2 is 2.00 bits per heavy atom. The van der Waals surface area contributed by atoms with Crippen LogP contribution < -0.4 is 0 Å². The van der Waals surface area contributed by atoms with E-state index in [9.17, 15) is 9.59 Å². The predicted molar refractivity (Wildman–Crippen MR) is 40.5 cm³/mol. The van der Waals surface area contributed by atoms with Crippen LogP contribution in [0.3, 0.4) is 0 Å². The Kier molecular flexibility index (Phi) is 6.85. The third kappa shape index (κ3) is 8.77. The van der Waals surface area contributed by atoms with E-state index < -0.39 is 18.4 Å². The van der Waals surface area contributed by atoms with Crippen LogP contribution in [0.4, 0.5) is 0 Å². The molecule has 0 aromatic rings. The highest BCUT2D eigenvalue weighted by Crippen LogP contribution is 1.88. The van der Waals surface area contributed by atoms with E-state index in [0.717, 1.165) is 6.42 Å². The summed E-state index contributed by atoms with van der Waals surface area (Å²) in [5.74, 6) is -2.09. The number of rotatable bonds is 7. The first-order valence-electron chi connectivity index (χ1n) is 3.78. The van der Waals surface area contributed by atoms with Crippen LogP contribution in [0.15, 0.2) is 0 Å². The van der Waals surface area contributed by atoms with Gasteiger partial charge in [0.2, 0.25) is 6.79 Å². The Balaban J connectivity index is 3.22. The summed E-state index contributed by atoms with van der Waals surface area (Å²) >= 11 is 0. The number of hydrogen-bond donors (Lipinski definition) is 1. The van der Waals surface area contributed by atoms with Crippen molar-refractivity contribution in [2.24, 2.45) is 0 Å². The molecule has 0 aliphatic heterocycles. The Bertz CT molecular complexity index is 166. The molecule has 0 heterocycles. The summed E-state index contributed by atoms with van der Waals surface area (Å²) in [7, 11) is 0. The first-order valence-corrected chi connectivity index (χ1v) is 3.78. The van der Waals surface area contributed by atoms with E-state index in [0.29, 0.717) is 6.61 Å². The smallest absolute Gasteiger partial charge is 0.319 e. The van der Waals surface area contributed by atoms with Crippen molar-refractivity contribution in [2.45, 2.75) is 19.8 Å². The second-order valence-corrected chi connectivity index (χ2v) is 2.14. The fraction of sp³-hybridized carbons (Fsp3) is 0.714. The number of aliphatic carboxylic acids is 1. The topological polar surface area (TPSA) is 82.1 Å². The van der Waals surface area contributed by atoms with Crippen molar-refractivity contribution >= 4 is 11.9 Å². The zero-order valence-corrected chi connectivity index (χ0v) is 7.32. The molecule has 0 saturated heterocycles. The number of carboxylic acid groups (broad SMARTS) is 1. The van der Waals surface area contributed by atoms with E-state index in [1.807, 2.05) is 6.92 Å². The lowest BCUT2D eigenvalue weighted by atomic mass is 10.4. The van der Waals surface area contributed by atoms with Gasteiger partial charge in [0, 0.05) is 0 Å². The van der Waals surface area contributed by atoms with Gasteiger partial charge < -0.3 is 9.84 Å². The van der Waals surface area contributed by atoms with Gasteiger partial charge in [0.15, 0.2) is 0 Å². The van der Waals surface area contributed by atoms with Crippen molar-refractivity contribution in [3.63, 3.8) is 0 Å². The number of ether oxygens (including phenoxy) is 1. The van der Waals surface area contributed by atoms with Gasteiger partial charge in [-0.25, -0.2) is 4.89 Å². The average Bonchev–Trinajstić information content (AvgIpc) is 2.02. The molecule has 6 nitrogen and oxygen atoms in total. The fourth-order valence-electron chi connectivity index (χ4n) is 0.441. The van der Waals surface area contributed by atoms with Crippen LogP contribution in [-0.2, 0) is 24.1 Å². The number of carbonyl (C=O) groups is 2. The van der Waals surface area contributed by atoms with Gasteiger partial charge in [-0.05, 0) is 6.42 Å². The maximum absolute atomic E-state index is 10.5. The average molecular weight is 192 g/mol.